The minimum absolute atomic E-state index is 0.0545. The third-order valence-electron chi connectivity index (χ3n) is 8.67. The first-order valence-corrected chi connectivity index (χ1v) is 15.1. The first-order valence-electron chi connectivity index (χ1n) is 14.3. The quantitative estimate of drug-likeness (QED) is 0.121. The summed E-state index contributed by atoms with van der Waals surface area (Å²) in [5.41, 5.74) is -1.10. The van der Waals surface area contributed by atoms with Crippen molar-refractivity contribution in [2.45, 2.75) is 44.4 Å². The lowest BCUT2D eigenvalue weighted by atomic mass is 9.80. The molecular formula is C31H31F4N3O4S. The molecule has 12 heteroatoms. The number of anilines is 1. The summed E-state index contributed by atoms with van der Waals surface area (Å²) in [6.45, 7) is 1.31. The molecule has 2 aliphatic carbocycles. The molecule has 7 nitrogen and oxygen atoms in total. The molecule has 0 amide bonds. The number of nitrogens with zero attached hydrogens (tertiary/aromatic N) is 2. The lowest BCUT2D eigenvalue weighted by molar-refractivity contribution is -0.137. The number of rotatable bonds is 8. The van der Waals surface area contributed by atoms with Crippen molar-refractivity contribution in [2.75, 3.05) is 31.7 Å². The van der Waals surface area contributed by atoms with Crippen molar-refractivity contribution >= 4 is 38.4 Å². The molecular weight excluding hydrogens is 586 g/mol. The Balaban J connectivity index is 1.14. The van der Waals surface area contributed by atoms with Crippen molar-refractivity contribution in [1.82, 2.24) is 4.98 Å². The minimum Gasteiger partial charge on any atom is -0.512 e. The monoisotopic (exact) mass is 617 g/mol. The number of nitrogens with one attached hydrogen (secondary N) is 1. The highest BCUT2D eigenvalue weighted by Crippen LogP contribution is 2.43. The van der Waals surface area contributed by atoms with Crippen molar-refractivity contribution < 1.29 is 36.9 Å². The van der Waals surface area contributed by atoms with E-state index in [0.29, 0.717) is 22.3 Å². The number of hydrogen-bond donors (Lipinski definition) is 2. The molecule has 3 aromatic rings. The average molecular weight is 618 g/mol. The molecule has 6 rings (SSSR count). The van der Waals surface area contributed by atoms with Crippen LogP contribution in [0.15, 0.2) is 47.7 Å². The van der Waals surface area contributed by atoms with Crippen LogP contribution in [-0.4, -0.2) is 54.7 Å². The number of methoxy groups -OCH3 is 1. The molecule has 2 N–H and O–H groups in total. The summed E-state index contributed by atoms with van der Waals surface area (Å²) in [7, 11) is 1.25. The van der Waals surface area contributed by atoms with E-state index in [-0.39, 0.29) is 58.2 Å². The third kappa shape index (κ3) is 5.99. The Bertz CT molecular complexity index is 1600. The van der Waals surface area contributed by atoms with Crippen molar-refractivity contribution in [1.29, 1.82) is 5.41 Å². The Kier molecular flexibility index (Phi) is 7.93. The number of esters is 1. The van der Waals surface area contributed by atoms with Gasteiger partial charge >= 0.3 is 12.1 Å². The molecule has 1 unspecified atom stereocenters. The Morgan fingerprint density at radius 2 is 1.88 bits per heavy atom. The van der Waals surface area contributed by atoms with Crippen molar-refractivity contribution in [3.05, 3.63) is 70.2 Å². The molecule has 2 aromatic carbocycles. The molecule has 1 aliphatic heterocycles. The predicted molar refractivity (Wildman–Crippen MR) is 154 cm³/mol. The van der Waals surface area contributed by atoms with Crippen LogP contribution >= 0.6 is 11.3 Å². The summed E-state index contributed by atoms with van der Waals surface area (Å²) >= 11 is 1.33. The molecule has 0 spiro atoms. The maximum atomic E-state index is 14.7. The number of ether oxygens (including phenoxy) is 2. The van der Waals surface area contributed by atoms with E-state index in [9.17, 15) is 27.5 Å². The Hall–Kier alpha value is -3.51. The molecule has 43 heavy (non-hydrogen) atoms. The second-order valence-corrected chi connectivity index (χ2v) is 12.5. The lowest BCUT2D eigenvalue weighted by Gasteiger charge is -2.31. The minimum atomic E-state index is -4.63. The molecule has 0 radical (unpaired) electrons. The number of aliphatic hydroxyl groups excluding tert-OH is 1. The van der Waals surface area contributed by atoms with Gasteiger partial charge in [0.15, 0.2) is 10.9 Å². The SMILES string of the molecule is COC(=O)c1cc(F)c2nc(N3CC4CC[C@H](OC/C(C(=N)c5ccccc5C(F)(F)F)=C(/O)C5CC5)C[C@H]4C3)sc2c1. The third-order valence-corrected chi connectivity index (χ3v) is 9.73. The number of alkyl halides is 3. The summed E-state index contributed by atoms with van der Waals surface area (Å²) in [6.07, 6.45) is -1.01. The number of fused-ring (bicyclic) bond motifs is 2. The van der Waals surface area contributed by atoms with Crippen LogP contribution in [0.4, 0.5) is 22.7 Å². The van der Waals surface area contributed by atoms with Gasteiger partial charge in [0.05, 0.1) is 41.4 Å². The van der Waals surface area contributed by atoms with E-state index in [0.717, 1.165) is 50.8 Å². The van der Waals surface area contributed by atoms with Crippen LogP contribution in [0.2, 0.25) is 0 Å². The molecule has 2 saturated carbocycles. The number of allylic oxidation sites excluding steroid dienone is 1. The number of carbonyl (C=O) groups is 1. The van der Waals surface area contributed by atoms with Gasteiger partial charge in [0.2, 0.25) is 0 Å². The van der Waals surface area contributed by atoms with Crippen LogP contribution in [0, 0.1) is 29.0 Å². The van der Waals surface area contributed by atoms with Gasteiger partial charge in [-0.1, -0.05) is 29.5 Å². The first kappa shape index (κ1) is 29.6. The van der Waals surface area contributed by atoms with Gasteiger partial charge < -0.3 is 19.5 Å². The van der Waals surface area contributed by atoms with E-state index in [1.165, 1.54) is 36.6 Å². The summed E-state index contributed by atoms with van der Waals surface area (Å²) < 4.78 is 67.3. The van der Waals surface area contributed by atoms with Crippen LogP contribution in [0.5, 0.6) is 0 Å². The predicted octanol–water partition coefficient (Wildman–Crippen LogP) is 7.15. The fourth-order valence-corrected chi connectivity index (χ4v) is 7.27. The number of carbonyl (C=O) groups excluding carboxylic acids is 1. The van der Waals surface area contributed by atoms with Gasteiger partial charge in [0.1, 0.15) is 11.3 Å². The molecule has 3 aliphatic rings. The molecule has 228 valence electrons. The summed E-state index contributed by atoms with van der Waals surface area (Å²) in [5, 5.41) is 20.2. The van der Waals surface area contributed by atoms with Gasteiger partial charge in [-0.3, -0.25) is 5.41 Å². The van der Waals surface area contributed by atoms with Crippen molar-refractivity contribution in [3.63, 3.8) is 0 Å². The lowest BCUT2D eigenvalue weighted by Crippen LogP contribution is -2.30. The Labute approximate surface area is 249 Å². The van der Waals surface area contributed by atoms with E-state index < -0.39 is 23.5 Å². The van der Waals surface area contributed by atoms with Crippen molar-refractivity contribution in [3.8, 4) is 0 Å². The second kappa shape index (κ2) is 11.5. The summed E-state index contributed by atoms with van der Waals surface area (Å²) in [6, 6.07) is 7.67. The van der Waals surface area contributed by atoms with Crippen molar-refractivity contribution in [2.24, 2.45) is 17.8 Å². The maximum absolute atomic E-state index is 14.7. The van der Waals surface area contributed by atoms with Crippen LogP contribution in [0.3, 0.4) is 0 Å². The smallest absolute Gasteiger partial charge is 0.417 e. The average Bonchev–Trinajstić information content (AvgIpc) is 3.61. The van der Waals surface area contributed by atoms with Gasteiger partial charge in [-0.15, -0.1) is 0 Å². The molecule has 1 saturated heterocycles. The zero-order chi connectivity index (χ0) is 30.5. The van der Waals surface area contributed by atoms with Crippen LogP contribution in [0.1, 0.15) is 53.6 Å². The zero-order valence-corrected chi connectivity index (χ0v) is 24.2. The largest absolute Gasteiger partial charge is 0.512 e. The van der Waals surface area contributed by atoms with E-state index >= 15 is 0 Å². The summed E-state index contributed by atoms with van der Waals surface area (Å²) in [4.78, 5) is 18.6. The highest BCUT2D eigenvalue weighted by molar-refractivity contribution is 7.22. The number of thiazole rings is 1. The van der Waals surface area contributed by atoms with E-state index in [1.54, 1.807) is 6.07 Å². The maximum Gasteiger partial charge on any atom is 0.417 e. The van der Waals surface area contributed by atoms with Crippen LogP contribution in [0.25, 0.3) is 10.2 Å². The number of halogens is 4. The highest BCUT2D eigenvalue weighted by atomic mass is 32.1. The Morgan fingerprint density at radius 1 is 1.14 bits per heavy atom. The van der Waals surface area contributed by atoms with E-state index in [2.05, 4.69) is 9.88 Å². The standard InChI is InChI=1S/C31H31F4N3O4S/c1-41-29(40)18-11-24(32)27-25(12-18)43-30(37-27)38-13-17-8-9-20(10-19(17)14-38)42-15-22(28(39)16-6-7-16)26(36)21-4-2-3-5-23(21)31(33,34)35/h2-5,11-12,16-17,19-20,36,39H,6-10,13-15H2,1H3/b28-22-,36-26?/t17?,19-,20-/m0/s1. The summed E-state index contributed by atoms with van der Waals surface area (Å²) in [5.74, 6) is -0.741. The molecule has 0 bridgehead atoms. The van der Waals surface area contributed by atoms with Gasteiger partial charge in [-0.05, 0) is 62.1 Å². The molecule has 1 aromatic heterocycles. The fraction of sp³-hybridized carbons (Fsp3) is 0.452. The van der Waals surface area contributed by atoms with Gasteiger partial charge in [0, 0.05) is 30.1 Å². The van der Waals surface area contributed by atoms with E-state index in [1.807, 2.05) is 0 Å². The number of hydrogen-bond acceptors (Lipinski definition) is 8. The topological polar surface area (TPSA) is 95.7 Å². The number of aromatic nitrogens is 1. The first-order chi connectivity index (χ1) is 20.5. The second-order valence-electron chi connectivity index (χ2n) is 11.5. The number of benzene rings is 2. The zero-order valence-electron chi connectivity index (χ0n) is 23.4. The van der Waals surface area contributed by atoms with Gasteiger partial charge in [0.25, 0.3) is 0 Å². The Morgan fingerprint density at radius 3 is 2.60 bits per heavy atom. The number of aliphatic hydroxyl groups is 1. The fourth-order valence-electron chi connectivity index (χ4n) is 6.23. The van der Waals surface area contributed by atoms with Gasteiger partial charge in [-0.2, -0.15) is 13.2 Å². The van der Waals surface area contributed by atoms with Gasteiger partial charge in [-0.25, -0.2) is 14.2 Å². The highest BCUT2D eigenvalue weighted by Gasteiger charge is 2.40. The molecule has 3 fully saturated rings. The normalized spacial score (nSPS) is 22.8. The molecule has 2 heterocycles. The van der Waals surface area contributed by atoms with E-state index in [4.69, 9.17) is 14.9 Å². The van der Waals surface area contributed by atoms with Crippen LogP contribution < -0.4 is 4.90 Å². The molecule has 3 atom stereocenters. The van der Waals surface area contributed by atoms with Crippen LogP contribution in [-0.2, 0) is 15.7 Å².